The van der Waals surface area contributed by atoms with E-state index in [1.165, 1.54) is 11.3 Å². The van der Waals surface area contributed by atoms with Crippen molar-refractivity contribution in [1.82, 2.24) is 20.1 Å². The first kappa shape index (κ1) is 23.0. The topological polar surface area (TPSA) is 82.6 Å². The van der Waals surface area contributed by atoms with Gasteiger partial charge in [0.2, 0.25) is 5.91 Å². The summed E-state index contributed by atoms with van der Waals surface area (Å²) in [5.74, 6) is 0.0887. The van der Waals surface area contributed by atoms with Crippen LogP contribution in [0.15, 0.2) is 41.9 Å². The number of rotatable bonds is 6. The zero-order chi connectivity index (χ0) is 23.5. The first-order chi connectivity index (χ1) is 16.6. The molecule has 1 aliphatic carbocycles. The van der Waals surface area contributed by atoms with E-state index in [9.17, 15) is 14.4 Å². The number of pyridine rings is 1. The van der Waals surface area contributed by atoms with E-state index in [1.807, 2.05) is 40.6 Å². The van der Waals surface area contributed by atoms with Crippen molar-refractivity contribution in [2.45, 2.75) is 56.9 Å². The highest BCUT2D eigenvalue weighted by atomic mass is 32.1. The highest BCUT2D eigenvalue weighted by Gasteiger charge is 2.58. The molecule has 0 radical (unpaired) electrons. The van der Waals surface area contributed by atoms with Crippen LogP contribution in [0.25, 0.3) is 0 Å². The van der Waals surface area contributed by atoms with Crippen molar-refractivity contribution < 1.29 is 14.4 Å². The minimum absolute atomic E-state index is 0.110. The molecule has 5 rings (SSSR count). The standard InChI is InChI=1S/C26H32N4O3S/c31-23(19-7-2-1-3-8-19)29-15-11-20(12-16-29)26(22-10-4-5-14-27-22)24(32)30(25(33)28-26)17-13-21-9-6-18-34-21/h4-6,9-10,14,18-20H,1-3,7-8,11-13,15-17H2,(H,28,33)/t26-/m1/s1. The van der Waals surface area contributed by atoms with E-state index in [4.69, 9.17) is 0 Å². The molecular formula is C26H32N4O3S. The van der Waals surface area contributed by atoms with Crippen LogP contribution in [0.3, 0.4) is 0 Å². The third-order valence-corrected chi connectivity index (χ3v) is 8.67. The van der Waals surface area contributed by atoms with Gasteiger partial charge < -0.3 is 10.2 Å². The fourth-order valence-electron chi connectivity index (χ4n) is 5.87. The summed E-state index contributed by atoms with van der Waals surface area (Å²) in [5, 5.41) is 5.07. The molecule has 0 aromatic carbocycles. The Morgan fingerprint density at radius 3 is 2.53 bits per heavy atom. The number of imide groups is 1. The van der Waals surface area contributed by atoms with Gasteiger partial charge in [0.05, 0.1) is 5.69 Å². The molecule has 3 fully saturated rings. The summed E-state index contributed by atoms with van der Waals surface area (Å²) in [5.41, 5.74) is -0.586. The summed E-state index contributed by atoms with van der Waals surface area (Å²) in [4.78, 5) is 49.0. The Morgan fingerprint density at radius 2 is 1.85 bits per heavy atom. The third kappa shape index (κ3) is 4.24. The van der Waals surface area contributed by atoms with Crippen LogP contribution in [0.4, 0.5) is 4.79 Å². The van der Waals surface area contributed by atoms with Crippen LogP contribution in [-0.2, 0) is 21.5 Å². The third-order valence-electron chi connectivity index (χ3n) is 7.74. The first-order valence-corrected chi connectivity index (χ1v) is 13.3. The number of hydrogen-bond acceptors (Lipinski definition) is 5. The van der Waals surface area contributed by atoms with E-state index in [2.05, 4.69) is 10.3 Å². The number of urea groups is 1. The fraction of sp³-hybridized carbons (Fsp3) is 0.538. The number of likely N-dealkylation sites (tertiary alicyclic amines) is 1. The minimum Gasteiger partial charge on any atom is -0.342 e. The minimum atomic E-state index is -1.17. The van der Waals surface area contributed by atoms with Crippen LogP contribution in [0.5, 0.6) is 0 Å². The van der Waals surface area contributed by atoms with Gasteiger partial charge in [-0.25, -0.2) is 4.79 Å². The molecule has 3 aliphatic rings. The maximum absolute atomic E-state index is 13.9. The second kappa shape index (κ2) is 9.86. The van der Waals surface area contributed by atoms with Crippen LogP contribution in [0.1, 0.15) is 55.5 Å². The molecule has 0 spiro atoms. The second-order valence-electron chi connectivity index (χ2n) is 9.67. The van der Waals surface area contributed by atoms with Gasteiger partial charge in [0.15, 0.2) is 5.54 Å². The predicted octanol–water partition coefficient (Wildman–Crippen LogP) is 3.95. The quantitative estimate of drug-likeness (QED) is 0.635. The molecule has 1 saturated carbocycles. The van der Waals surface area contributed by atoms with Gasteiger partial charge in [-0.15, -0.1) is 11.3 Å². The Bertz CT molecular complexity index is 1010. The van der Waals surface area contributed by atoms with Crippen LogP contribution in [0.2, 0.25) is 0 Å². The van der Waals surface area contributed by atoms with Gasteiger partial charge in [-0.05, 0) is 55.7 Å². The molecule has 2 aliphatic heterocycles. The van der Waals surface area contributed by atoms with Crippen molar-refractivity contribution in [2.75, 3.05) is 19.6 Å². The average molecular weight is 481 g/mol. The van der Waals surface area contributed by atoms with Crippen molar-refractivity contribution >= 4 is 29.2 Å². The number of piperidine rings is 1. The highest BCUT2D eigenvalue weighted by Crippen LogP contribution is 2.41. The van der Waals surface area contributed by atoms with Crippen LogP contribution >= 0.6 is 11.3 Å². The van der Waals surface area contributed by atoms with Crippen molar-refractivity contribution in [3.8, 4) is 0 Å². The summed E-state index contributed by atoms with van der Waals surface area (Å²) in [7, 11) is 0. The number of nitrogens with one attached hydrogen (secondary N) is 1. The molecule has 4 amide bonds. The van der Waals surface area contributed by atoms with Gasteiger partial charge in [-0.2, -0.15) is 0 Å². The number of carbonyl (C=O) groups is 3. The van der Waals surface area contributed by atoms with Crippen molar-refractivity contribution in [1.29, 1.82) is 0 Å². The van der Waals surface area contributed by atoms with Gasteiger partial charge in [0, 0.05) is 42.5 Å². The second-order valence-corrected chi connectivity index (χ2v) is 10.7. The number of aromatic nitrogens is 1. The van der Waals surface area contributed by atoms with E-state index in [-0.39, 0.29) is 29.7 Å². The molecule has 2 aromatic heterocycles. The molecule has 2 aromatic rings. The Morgan fingerprint density at radius 1 is 1.06 bits per heavy atom. The predicted molar refractivity (Wildman–Crippen MR) is 130 cm³/mol. The molecule has 1 atom stereocenters. The summed E-state index contributed by atoms with van der Waals surface area (Å²) < 4.78 is 0. The summed E-state index contributed by atoms with van der Waals surface area (Å²) in [6, 6.07) is 9.16. The van der Waals surface area contributed by atoms with Crippen molar-refractivity contribution in [3.63, 3.8) is 0 Å². The van der Waals surface area contributed by atoms with Crippen LogP contribution in [0, 0.1) is 11.8 Å². The molecule has 0 bridgehead atoms. The van der Waals surface area contributed by atoms with Gasteiger partial charge in [0.1, 0.15) is 0 Å². The molecule has 180 valence electrons. The molecule has 8 heteroatoms. The number of thiophene rings is 1. The number of nitrogens with zero attached hydrogens (tertiary/aromatic N) is 3. The SMILES string of the molecule is O=C(C1CCCCC1)N1CCC([C@]2(c3ccccn3)NC(=O)N(CCc3cccs3)C2=O)CC1. The van der Waals surface area contributed by atoms with E-state index < -0.39 is 5.54 Å². The Balaban J connectivity index is 1.34. The Hall–Kier alpha value is -2.74. The summed E-state index contributed by atoms with van der Waals surface area (Å²) in [6.45, 7) is 1.58. The lowest BCUT2D eigenvalue weighted by atomic mass is 9.74. The molecule has 2 saturated heterocycles. The van der Waals surface area contributed by atoms with Gasteiger partial charge in [-0.3, -0.25) is 19.5 Å². The molecule has 7 nitrogen and oxygen atoms in total. The molecular weight excluding hydrogens is 448 g/mol. The lowest BCUT2D eigenvalue weighted by molar-refractivity contribution is -0.139. The van der Waals surface area contributed by atoms with Crippen molar-refractivity contribution in [3.05, 3.63) is 52.5 Å². The molecule has 0 unspecified atom stereocenters. The van der Waals surface area contributed by atoms with Crippen molar-refractivity contribution in [2.24, 2.45) is 11.8 Å². The average Bonchev–Trinajstić information content (AvgIpc) is 3.50. The molecule has 4 heterocycles. The van der Waals surface area contributed by atoms with Gasteiger partial charge in [0.25, 0.3) is 5.91 Å². The lowest BCUT2D eigenvalue weighted by Crippen LogP contribution is -2.55. The van der Waals surface area contributed by atoms with E-state index in [0.717, 1.165) is 30.6 Å². The number of hydrogen-bond donors (Lipinski definition) is 1. The maximum atomic E-state index is 13.9. The summed E-state index contributed by atoms with van der Waals surface area (Å²) >= 11 is 1.63. The number of carbonyl (C=O) groups excluding carboxylic acids is 3. The zero-order valence-electron chi connectivity index (χ0n) is 19.4. The fourth-order valence-corrected chi connectivity index (χ4v) is 6.57. The lowest BCUT2D eigenvalue weighted by Gasteiger charge is -2.41. The molecule has 34 heavy (non-hydrogen) atoms. The zero-order valence-corrected chi connectivity index (χ0v) is 20.3. The summed E-state index contributed by atoms with van der Waals surface area (Å²) in [6.07, 6.45) is 9.13. The first-order valence-electron chi connectivity index (χ1n) is 12.5. The van der Waals surface area contributed by atoms with Gasteiger partial charge >= 0.3 is 6.03 Å². The number of amides is 4. The Kier molecular flexibility index (Phi) is 6.68. The Labute approximate surface area is 204 Å². The normalized spacial score (nSPS) is 24.5. The van der Waals surface area contributed by atoms with E-state index in [1.54, 1.807) is 17.5 Å². The molecule has 1 N–H and O–H groups in total. The maximum Gasteiger partial charge on any atom is 0.325 e. The smallest absolute Gasteiger partial charge is 0.325 e. The largest absolute Gasteiger partial charge is 0.342 e. The monoisotopic (exact) mass is 480 g/mol. The highest BCUT2D eigenvalue weighted by molar-refractivity contribution is 7.09. The van der Waals surface area contributed by atoms with E-state index >= 15 is 0 Å². The van der Waals surface area contributed by atoms with Crippen LogP contribution in [-0.4, -0.2) is 52.3 Å². The van der Waals surface area contributed by atoms with Crippen LogP contribution < -0.4 is 5.32 Å². The van der Waals surface area contributed by atoms with E-state index in [0.29, 0.717) is 44.6 Å². The van der Waals surface area contributed by atoms with Gasteiger partial charge in [-0.1, -0.05) is 31.4 Å².